The fraction of sp³-hybridized carbons (Fsp3) is 0.955. The van der Waals surface area contributed by atoms with Crippen molar-refractivity contribution < 1.29 is 19.8 Å². The van der Waals surface area contributed by atoms with Crippen molar-refractivity contribution in [3.8, 4) is 0 Å². The van der Waals surface area contributed by atoms with Crippen molar-refractivity contribution >= 4 is 49.7 Å². The van der Waals surface area contributed by atoms with Crippen molar-refractivity contribution in [3.05, 3.63) is 0 Å². The number of nitrogens with zero attached hydrogens (tertiary/aromatic N) is 2. The second-order valence-corrected chi connectivity index (χ2v) is 15.1. The zero-order valence-electron chi connectivity index (χ0n) is 35.4. The van der Waals surface area contributed by atoms with Crippen molar-refractivity contribution in [1.82, 2.24) is 9.80 Å². The van der Waals surface area contributed by atoms with E-state index in [2.05, 4.69) is 51.3 Å². The van der Waals surface area contributed by atoms with Crippen LogP contribution in [0.2, 0.25) is 0 Å². The first-order chi connectivity index (χ1) is 24.3. The number of carbonyl (C=O) groups is 2. The van der Waals surface area contributed by atoms with Crippen LogP contribution >= 0.6 is 0 Å². The number of hydrogen-bond donors (Lipinski definition) is 0. The third kappa shape index (κ3) is 39.6. The summed E-state index contributed by atoms with van der Waals surface area (Å²) in [6.45, 7) is 17.9. The van der Waals surface area contributed by atoms with Crippen LogP contribution in [-0.4, -0.2) is 97.7 Å². The molecule has 0 bridgehead atoms. The van der Waals surface area contributed by atoms with Crippen LogP contribution in [-0.2, 0) is 9.59 Å². The monoisotopic (exact) mass is 749 g/mol. The maximum atomic E-state index is 10.8. The largest absolute Gasteiger partial charge is 2.00 e. The average Bonchev–Trinajstić information content (AvgIpc) is 3.10. The molecule has 0 aromatic rings. The van der Waals surface area contributed by atoms with Crippen LogP contribution in [0.4, 0.5) is 0 Å². The minimum Gasteiger partial charge on any atom is -0.550 e. The molecule has 0 rings (SSSR count). The maximum absolute atomic E-state index is 10.8. The fourth-order valence-electron chi connectivity index (χ4n) is 7.19. The van der Waals surface area contributed by atoms with Crippen LogP contribution in [0.1, 0.15) is 234 Å². The number of carboxylic acid groups (broad SMARTS) is 2. The fourth-order valence-corrected chi connectivity index (χ4v) is 7.19. The summed E-state index contributed by atoms with van der Waals surface area (Å²) in [4.78, 5) is 26.8. The minimum atomic E-state index is -0.905. The Morgan fingerprint density at radius 2 is 0.608 bits per heavy atom. The van der Waals surface area contributed by atoms with Gasteiger partial charge in [-0.05, 0) is 90.4 Å². The van der Waals surface area contributed by atoms with Gasteiger partial charge in [0.05, 0.1) is 0 Å². The van der Waals surface area contributed by atoms with E-state index in [1.54, 1.807) is 0 Å². The summed E-state index contributed by atoms with van der Waals surface area (Å²) in [5.74, 6) is -1.81. The van der Waals surface area contributed by atoms with Crippen LogP contribution in [0.15, 0.2) is 0 Å². The molecule has 0 aliphatic rings. The van der Waals surface area contributed by atoms with Crippen LogP contribution in [0.5, 0.6) is 0 Å². The Balaban J connectivity index is -0.000000886. The molecule has 0 aliphatic heterocycles. The van der Waals surface area contributed by atoms with Gasteiger partial charge < -0.3 is 29.6 Å². The van der Waals surface area contributed by atoms with Crippen molar-refractivity contribution in [1.29, 1.82) is 0 Å². The smallest absolute Gasteiger partial charge is 0.550 e. The molecule has 6 nitrogen and oxygen atoms in total. The first kappa shape index (κ1) is 55.5. The molecule has 0 fully saturated rings. The van der Waals surface area contributed by atoms with Crippen LogP contribution in [0, 0.1) is 0 Å². The maximum Gasteiger partial charge on any atom is 2.00 e. The molecule has 300 valence electrons. The van der Waals surface area contributed by atoms with Gasteiger partial charge >= 0.3 is 37.7 Å². The predicted octanol–water partition coefficient (Wildman–Crippen LogP) is 10.3. The summed E-state index contributed by atoms with van der Waals surface area (Å²) in [5.41, 5.74) is 0. The van der Waals surface area contributed by atoms with Gasteiger partial charge in [-0.25, -0.2) is 0 Å². The molecule has 0 saturated carbocycles. The molecule has 0 aromatic carbocycles. The number of aliphatic carboxylic acids is 2. The van der Waals surface area contributed by atoms with Crippen LogP contribution in [0.25, 0.3) is 0 Å². The first-order valence-electron chi connectivity index (χ1n) is 22.2. The number of hydrogen-bond acceptors (Lipinski definition) is 6. The van der Waals surface area contributed by atoms with Gasteiger partial charge in [0.25, 0.3) is 0 Å². The van der Waals surface area contributed by atoms with Gasteiger partial charge in [-0.15, -0.1) is 0 Å². The molecule has 0 aromatic heterocycles. The second-order valence-electron chi connectivity index (χ2n) is 15.1. The van der Waals surface area contributed by atoms with E-state index < -0.39 is 11.9 Å². The quantitative estimate of drug-likeness (QED) is 0.0462. The minimum absolute atomic E-state index is 0. The number of carbonyl (C=O) groups excluding carboxylic acids is 2. The van der Waals surface area contributed by atoms with E-state index in [9.17, 15) is 19.8 Å². The molecular weight excluding hydrogens is 661 g/mol. The molecule has 51 heavy (non-hydrogen) atoms. The zero-order chi connectivity index (χ0) is 37.5. The normalized spacial score (nSPS) is 12.4. The molecular formula is C44H88CaN2O4. The predicted molar refractivity (Wildman–Crippen MR) is 219 cm³/mol. The van der Waals surface area contributed by atoms with E-state index in [1.807, 2.05) is 0 Å². The van der Waals surface area contributed by atoms with E-state index in [0.29, 0.717) is 12.1 Å². The summed E-state index contributed by atoms with van der Waals surface area (Å²) in [5, 5.41) is 21.7. The molecule has 0 heterocycles. The van der Waals surface area contributed by atoms with Gasteiger partial charge in [0.15, 0.2) is 0 Å². The third-order valence-electron chi connectivity index (χ3n) is 10.5. The molecule has 7 heteroatoms. The molecule has 2 atom stereocenters. The van der Waals surface area contributed by atoms with E-state index in [4.69, 9.17) is 0 Å². The van der Waals surface area contributed by atoms with Crippen LogP contribution in [0.3, 0.4) is 0 Å². The Hall–Kier alpha value is 0.120. The Bertz CT molecular complexity index is 621. The first-order valence-corrected chi connectivity index (χ1v) is 22.2. The number of rotatable bonds is 38. The number of unbranched alkanes of at least 4 members (excludes halogenated alkanes) is 20. The van der Waals surface area contributed by atoms with Crippen molar-refractivity contribution in [3.63, 3.8) is 0 Å². The Kier molecular flexibility index (Phi) is 48.4. The Morgan fingerprint density at radius 1 is 0.392 bits per heavy atom. The van der Waals surface area contributed by atoms with Crippen molar-refractivity contribution in [2.45, 2.75) is 246 Å². The third-order valence-corrected chi connectivity index (χ3v) is 10.5. The molecule has 0 saturated heterocycles. The second kappa shape index (κ2) is 44.5. The summed E-state index contributed by atoms with van der Waals surface area (Å²) in [7, 11) is 0. The Morgan fingerprint density at radius 3 is 0.804 bits per heavy atom. The molecule has 0 N–H and O–H groups in total. The summed E-state index contributed by atoms with van der Waals surface area (Å²) in [6, 6.07) is 0.813. The molecule has 0 amide bonds. The van der Waals surface area contributed by atoms with Gasteiger partial charge in [0.2, 0.25) is 0 Å². The van der Waals surface area contributed by atoms with Gasteiger partial charge in [-0.1, -0.05) is 170 Å². The Labute approximate surface area is 349 Å². The van der Waals surface area contributed by atoms with E-state index in [-0.39, 0.29) is 50.6 Å². The van der Waals surface area contributed by atoms with Crippen molar-refractivity contribution in [2.24, 2.45) is 0 Å². The molecule has 0 aliphatic carbocycles. The van der Waals surface area contributed by atoms with Gasteiger partial charge in [-0.2, -0.15) is 0 Å². The number of carboxylic acids is 2. The zero-order valence-corrected chi connectivity index (χ0v) is 37.6. The molecule has 0 spiro atoms. The van der Waals surface area contributed by atoms with Gasteiger partial charge in [-0.3, -0.25) is 0 Å². The van der Waals surface area contributed by atoms with Gasteiger partial charge in [0.1, 0.15) is 0 Å². The summed E-state index contributed by atoms with van der Waals surface area (Å²) < 4.78 is 0. The summed E-state index contributed by atoms with van der Waals surface area (Å²) >= 11 is 0. The van der Waals surface area contributed by atoms with E-state index in [0.717, 1.165) is 51.9 Å². The SMILES string of the molecule is CCCCCCCCN(CCCCCCCC)C(CC)CCC(=O)[O-].CCCCCCCCN(CCCCCCCC)C(CC)CCC(=O)[O-].[Ca+2]. The van der Waals surface area contributed by atoms with Crippen LogP contribution < -0.4 is 10.2 Å². The topological polar surface area (TPSA) is 86.7 Å². The van der Waals surface area contributed by atoms with Crippen molar-refractivity contribution in [2.75, 3.05) is 26.2 Å². The molecule has 2 unspecified atom stereocenters. The average molecular weight is 749 g/mol. The standard InChI is InChI=1S/2C22H45NO2.Ca/c2*1-4-7-9-11-13-15-19-23(20-16-14-12-10-8-5-2)21(6-3)17-18-22(24)25;/h2*21H,4-20H2,1-3H3,(H,24,25);/q;;+2/p-2. The summed E-state index contributed by atoms with van der Waals surface area (Å²) in [6.07, 6.45) is 35.6. The molecule has 0 radical (unpaired) electrons. The van der Waals surface area contributed by atoms with E-state index in [1.165, 1.54) is 154 Å². The van der Waals surface area contributed by atoms with Gasteiger partial charge in [0, 0.05) is 24.0 Å². The van der Waals surface area contributed by atoms with E-state index >= 15 is 0 Å².